The molecule has 2 heteroatoms. The number of aldehydes is 1. The summed E-state index contributed by atoms with van der Waals surface area (Å²) in [7, 11) is 2.19. The molecule has 0 aromatic heterocycles. The Kier molecular flexibility index (Phi) is 6.13. The van der Waals surface area contributed by atoms with Crippen molar-refractivity contribution in [2.24, 2.45) is 0 Å². The fourth-order valence-corrected chi connectivity index (χ4v) is 1.08. The van der Waals surface area contributed by atoms with Gasteiger partial charge < -0.3 is 9.69 Å². The van der Waals surface area contributed by atoms with Crippen LogP contribution < -0.4 is 0 Å². The summed E-state index contributed by atoms with van der Waals surface area (Å²) in [6.45, 7) is 5.40. The van der Waals surface area contributed by atoms with Crippen molar-refractivity contribution in [3.05, 3.63) is 0 Å². The predicted molar refractivity (Wildman–Crippen MR) is 47.7 cm³/mol. The zero-order chi connectivity index (χ0) is 8.69. The lowest BCUT2D eigenvalue weighted by molar-refractivity contribution is -0.107. The molecule has 1 fully saturated rings. The molecule has 1 aliphatic rings. The zero-order valence-electron chi connectivity index (χ0n) is 7.84. The molecule has 11 heavy (non-hydrogen) atoms. The van der Waals surface area contributed by atoms with Gasteiger partial charge in [-0.15, -0.1) is 0 Å². The van der Waals surface area contributed by atoms with E-state index >= 15 is 0 Å². The van der Waals surface area contributed by atoms with Crippen LogP contribution in [0.3, 0.4) is 0 Å². The fourth-order valence-electron chi connectivity index (χ4n) is 1.08. The van der Waals surface area contributed by atoms with Gasteiger partial charge in [0.1, 0.15) is 6.29 Å². The molecule has 0 saturated carbocycles. The summed E-state index contributed by atoms with van der Waals surface area (Å²) in [5, 5.41) is 0. The summed E-state index contributed by atoms with van der Waals surface area (Å²) in [4.78, 5) is 11.6. The SMILES string of the molecule is CC1CCCN1C.CCC=O. The molecule has 1 atom stereocenters. The van der Waals surface area contributed by atoms with Gasteiger partial charge in [-0.2, -0.15) is 0 Å². The van der Waals surface area contributed by atoms with Crippen LogP contribution in [-0.2, 0) is 4.79 Å². The molecular weight excluding hydrogens is 138 g/mol. The van der Waals surface area contributed by atoms with Crippen LogP contribution in [0.2, 0.25) is 0 Å². The Labute approximate surface area is 69.6 Å². The van der Waals surface area contributed by atoms with Crippen LogP contribution >= 0.6 is 0 Å². The number of rotatable bonds is 1. The van der Waals surface area contributed by atoms with Gasteiger partial charge in [-0.3, -0.25) is 0 Å². The van der Waals surface area contributed by atoms with E-state index in [4.69, 9.17) is 0 Å². The van der Waals surface area contributed by atoms with Crippen molar-refractivity contribution in [1.82, 2.24) is 4.90 Å². The van der Waals surface area contributed by atoms with Crippen LogP contribution in [0.4, 0.5) is 0 Å². The first-order valence-corrected chi connectivity index (χ1v) is 4.36. The highest BCUT2D eigenvalue weighted by Crippen LogP contribution is 2.12. The number of hydrogen-bond acceptors (Lipinski definition) is 2. The van der Waals surface area contributed by atoms with E-state index in [2.05, 4.69) is 18.9 Å². The topological polar surface area (TPSA) is 20.3 Å². The summed E-state index contributed by atoms with van der Waals surface area (Å²) in [6, 6.07) is 0.847. The molecule has 66 valence electrons. The molecule has 1 saturated heterocycles. The Hall–Kier alpha value is -0.370. The van der Waals surface area contributed by atoms with E-state index in [0.717, 1.165) is 12.3 Å². The maximum atomic E-state index is 9.17. The molecule has 0 N–H and O–H groups in total. The molecule has 0 amide bonds. The van der Waals surface area contributed by atoms with Gasteiger partial charge >= 0.3 is 0 Å². The second kappa shape index (κ2) is 6.35. The summed E-state index contributed by atoms with van der Waals surface area (Å²) >= 11 is 0. The van der Waals surface area contributed by atoms with Crippen LogP contribution in [0.25, 0.3) is 0 Å². The average molecular weight is 157 g/mol. The van der Waals surface area contributed by atoms with E-state index in [1.54, 1.807) is 0 Å². The monoisotopic (exact) mass is 157 g/mol. The Morgan fingerprint density at radius 1 is 1.64 bits per heavy atom. The average Bonchev–Trinajstić information content (AvgIpc) is 2.37. The van der Waals surface area contributed by atoms with Crippen molar-refractivity contribution < 1.29 is 4.79 Å². The van der Waals surface area contributed by atoms with Crippen molar-refractivity contribution in [2.75, 3.05) is 13.6 Å². The number of nitrogens with zero attached hydrogens (tertiary/aromatic N) is 1. The molecule has 0 aliphatic carbocycles. The maximum absolute atomic E-state index is 9.17. The fraction of sp³-hybridized carbons (Fsp3) is 0.889. The maximum Gasteiger partial charge on any atom is 0.119 e. The smallest absolute Gasteiger partial charge is 0.119 e. The van der Waals surface area contributed by atoms with Gasteiger partial charge in [0.25, 0.3) is 0 Å². The lowest BCUT2D eigenvalue weighted by Crippen LogP contribution is -2.20. The highest BCUT2D eigenvalue weighted by Gasteiger charge is 2.14. The first kappa shape index (κ1) is 10.6. The van der Waals surface area contributed by atoms with Crippen molar-refractivity contribution >= 4 is 6.29 Å². The minimum absolute atomic E-state index is 0.639. The quantitative estimate of drug-likeness (QED) is 0.540. The summed E-state index contributed by atoms with van der Waals surface area (Å²) in [5.74, 6) is 0. The Balaban J connectivity index is 0.000000218. The van der Waals surface area contributed by atoms with Gasteiger partial charge in [0.05, 0.1) is 0 Å². The minimum Gasteiger partial charge on any atom is -0.304 e. The van der Waals surface area contributed by atoms with E-state index in [1.807, 2.05) is 6.92 Å². The highest BCUT2D eigenvalue weighted by molar-refractivity contribution is 5.48. The molecule has 2 nitrogen and oxygen atoms in total. The molecule has 0 bridgehead atoms. The van der Waals surface area contributed by atoms with Crippen molar-refractivity contribution in [3.63, 3.8) is 0 Å². The van der Waals surface area contributed by atoms with E-state index in [0.29, 0.717) is 6.42 Å². The predicted octanol–water partition coefficient (Wildman–Crippen LogP) is 1.70. The molecule has 1 aliphatic heterocycles. The molecule has 1 heterocycles. The van der Waals surface area contributed by atoms with E-state index in [-0.39, 0.29) is 0 Å². The van der Waals surface area contributed by atoms with Crippen LogP contribution in [-0.4, -0.2) is 30.8 Å². The van der Waals surface area contributed by atoms with Crippen LogP contribution in [0.1, 0.15) is 33.1 Å². The number of likely N-dealkylation sites (tertiary alicyclic amines) is 1. The Morgan fingerprint density at radius 3 is 2.27 bits per heavy atom. The standard InChI is InChI=1S/C6H13N.C3H6O/c1-6-4-3-5-7(6)2;1-2-3-4/h6H,3-5H2,1-2H3;3H,2H2,1H3. The van der Waals surface area contributed by atoms with Crippen molar-refractivity contribution in [3.8, 4) is 0 Å². The van der Waals surface area contributed by atoms with Crippen LogP contribution in [0.15, 0.2) is 0 Å². The Morgan fingerprint density at radius 2 is 2.18 bits per heavy atom. The Bertz CT molecular complexity index is 95.7. The van der Waals surface area contributed by atoms with Gasteiger partial charge in [-0.1, -0.05) is 6.92 Å². The summed E-state index contributed by atoms with van der Waals surface area (Å²) in [5.41, 5.74) is 0. The number of carbonyl (C=O) groups excluding carboxylic acids is 1. The van der Waals surface area contributed by atoms with Crippen molar-refractivity contribution in [2.45, 2.75) is 39.2 Å². The third-order valence-corrected chi connectivity index (χ3v) is 2.05. The first-order valence-electron chi connectivity index (χ1n) is 4.36. The van der Waals surface area contributed by atoms with Gasteiger partial charge in [-0.25, -0.2) is 0 Å². The lowest BCUT2D eigenvalue weighted by atomic mass is 10.3. The third-order valence-electron chi connectivity index (χ3n) is 2.05. The molecule has 0 spiro atoms. The van der Waals surface area contributed by atoms with Gasteiger partial charge in [0, 0.05) is 12.5 Å². The largest absolute Gasteiger partial charge is 0.304 e. The summed E-state index contributed by atoms with van der Waals surface area (Å²) < 4.78 is 0. The van der Waals surface area contributed by atoms with E-state index in [1.165, 1.54) is 19.4 Å². The molecular formula is C9H19NO. The van der Waals surface area contributed by atoms with E-state index < -0.39 is 0 Å². The molecule has 0 aromatic rings. The molecule has 0 aromatic carbocycles. The minimum atomic E-state index is 0.639. The molecule has 1 rings (SSSR count). The first-order chi connectivity index (χ1) is 5.22. The van der Waals surface area contributed by atoms with Gasteiger partial charge in [-0.05, 0) is 33.4 Å². The van der Waals surface area contributed by atoms with E-state index in [9.17, 15) is 4.79 Å². The van der Waals surface area contributed by atoms with Gasteiger partial charge in [0.2, 0.25) is 0 Å². The number of hydrogen-bond donors (Lipinski definition) is 0. The van der Waals surface area contributed by atoms with Crippen molar-refractivity contribution in [1.29, 1.82) is 0 Å². The van der Waals surface area contributed by atoms with Crippen LogP contribution in [0.5, 0.6) is 0 Å². The second-order valence-corrected chi connectivity index (χ2v) is 3.05. The van der Waals surface area contributed by atoms with Gasteiger partial charge in [0.15, 0.2) is 0 Å². The van der Waals surface area contributed by atoms with Crippen LogP contribution in [0, 0.1) is 0 Å². The second-order valence-electron chi connectivity index (χ2n) is 3.05. The molecule has 0 radical (unpaired) electrons. The number of carbonyl (C=O) groups is 1. The molecule has 1 unspecified atom stereocenters. The zero-order valence-corrected chi connectivity index (χ0v) is 7.84. The lowest BCUT2D eigenvalue weighted by Gasteiger charge is -2.12. The highest BCUT2D eigenvalue weighted by atomic mass is 16.1. The third kappa shape index (κ3) is 4.96. The normalized spacial score (nSPS) is 24.1. The summed E-state index contributed by atoms with van der Waals surface area (Å²) in [6.07, 6.45) is 4.31.